The van der Waals surface area contributed by atoms with Gasteiger partial charge >= 0.3 is 0 Å². The van der Waals surface area contributed by atoms with Crippen LogP contribution in [0, 0.1) is 0 Å². The first-order valence-corrected chi connectivity index (χ1v) is 8.41. The summed E-state index contributed by atoms with van der Waals surface area (Å²) >= 11 is 0. The van der Waals surface area contributed by atoms with E-state index in [0.717, 1.165) is 22.8 Å². The molecule has 0 radical (unpaired) electrons. The summed E-state index contributed by atoms with van der Waals surface area (Å²) in [5, 5.41) is 22.6. The average Bonchev–Trinajstić information content (AvgIpc) is 3.31. The molecule has 0 aliphatic carbocycles. The zero-order valence-electron chi connectivity index (χ0n) is 14.4. The molecule has 4 rings (SSSR count). The third-order valence-corrected chi connectivity index (χ3v) is 4.01. The van der Waals surface area contributed by atoms with Crippen LogP contribution in [0.5, 0.6) is 0 Å². The monoisotopic (exact) mass is 362 g/mol. The van der Waals surface area contributed by atoms with Gasteiger partial charge in [-0.2, -0.15) is 4.68 Å². The van der Waals surface area contributed by atoms with Crippen molar-refractivity contribution in [2.24, 2.45) is 0 Å². The maximum atomic E-state index is 5.83. The highest BCUT2D eigenvalue weighted by Crippen LogP contribution is 2.18. The highest BCUT2D eigenvalue weighted by Gasteiger charge is 2.19. The predicted molar refractivity (Wildman–Crippen MR) is 101 cm³/mol. The lowest BCUT2D eigenvalue weighted by Crippen LogP contribution is -2.12. The first-order chi connectivity index (χ1) is 13.3. The summed E-state index contributed by atoms with van der Waals surface area (Å²) in [5.74, 6) is 0.474. The van der Waals surface area contributed by atoms with Crippen molar-refractivity contribution in [1.29, 1.82) is 0 Å². The van der Waals surface area contributed by atoms with Crippen molar-refractivity contribution in [3.05, 3.63) is 72.1 Å². The Morgan fingerprint density at radius 1 is 0.852 bits per heavy atom. The molecule has 0 bridgehead atoms. The summed E-state index contributed by atoms with van der Waals surface area (Å²) in [6.07, 6.45) is 0. The summed E-state index contributed by atoms with van der Waals surface area (Å²) in [7, 11) is 0. The van der Waals surface area contributed by atoms with Crippen LogP contribution >= 0.6 is 0 Å². The molecule has 0 aliphatic heterocycles. The zero-order chi connectivity index (χ0) is 18.5. The lowest BCUT2D eigenvalue weighted by atomic mass is 10.2. The van der Waals surface area contributed by atoms with Crippen molar-refractivity contribution in [1.82, 2.24) is 25.3 Å². The molecule has 136 valence electrons. The van der Waals surface area contributed by atoms with Crippen molar-refractivity contribution in [3.63, 3.8) is 0 Å². The second-order valence-electron chi connectivity index (χ2n) is 5.81. The molecule has 9 heteroatoms. The Labute approximate surface area is 155 Å². The topological polar surface area (TPSA) is 120 Å². The Kier molecular flexibility index (Phi) is 4.64. The van der Waals surface area contributed by atoms with Crippen molar-refractivity contribution >= 4 is 17.2 Å². The minimum Gasteiger partial charge on any atom is -0.379 e. The van der Waals surface area contributed by atoms with Crippen LogP contribution in [0.2, 0.25) is 0 Å². The SMILES string of the molecule is Nc1nonc1-n1nnc(CNc2ccccc2)c1CNc1ccccc1. The molecule has 2 aromatic carbocycles. The largest absolute Gasteiger partial charge is 0.379 e. The molecule has 0 aliphatic rings. The third kappa shape index (κ3) is 3.71. The van der Waals surface area contributed by atoms with E-state index in [4.69, 9.17) is 10.4 Å². The van der Waals surface area contributed by atoms with Gasteiger partial charge < -0.3 is 16.4 Å². The fourth-order valence-corrected chi connectivity index (χ4v) is 2.64. The third-order valence-electron chi connectivity index (χ3n) is 4.01. The van der Waals surface area contributed by atoms with Crippen LogP contribution in [0.25, 0.3) is 5.82 Å². The Morgan fingerprint density at radius 3 is 2.07 bits per heavy atom. The number of nitrogens with zero attached hydrogens (tertiary/aromatic N) is 5. The number of anilines is 3. The minimum absolute atomic E-state index is 0.156. The smallest absolute Gasteiger partial charge is 0.243 e. The molecule has 9 nitrogen and oxygen atoms in total. The van der Waals surface area contributed by atoms with Crippen LogP contribution < -0.4 is 16.4 Å². The number of hydrogen-bond acceptors (Lipinski definition) is 8. The number of hydrogen-bond donors (Lipinski definition) is 3. The standard InChI is InChI=1S/C18H18N8O/c19-17-18(24-27-23-17)26-16(12-21-14-9-5-2-6-10-14)15(22-25-26)11-20-13-7-3-1-4-8-13/h1-10,20-21H,11-12H2,(H2,19,23). The minimum atomic E-state index is 0.156. The van der Waals surface area contributed by atoms with E-state index in [1.807, 2.05) is 60.7 Å². The summed E-state index contributed by atoms with van der Waals surface area (Å²) in [5.41, 5.74) is 9.39. The number of benzene rings is 2. The van der Waals surface area contributed by atoms with Crippen LogP contribution in [-0.2, 0) is 13.1 Å². The summed E-state index contributed by atoms with van der Waals surface area (Å²) in [6.45, 7) is 0.982. The van der Waals surface area contributed by atoms with Crippen molar-refractivity contribution in [3.8, 4) is 5.82 Å². The molecule has 0 fully saturated rings. The second kappa shape index (κ2) is 7.56. The maximum Gasteiger partial charge on any atom is 0.243 e. The number of nitrogens with one attached hydrogen (secondary N) is 2. The summed E-state index contributed by atoms with van der Waals surface area (Å²) in [4.78, 5) is 0. The van der Waals surface area contributed by atoms with Gasteiger partial charge in [0.2, 0.25) is 11.6 Å². The van der Waals surface area contributed by atoms with Gasteiger partial charge in [0.25, 0.3) is 0 Å². The fourth-order valence-electron chi connectivity index (χ4n) is 2.64. The van der Waals surface area contributed by atoms with Crippen molar-refractivity contribution in [2.75, 3.05) is 16.4 Å². The maximum absolute atomic E-state index is 5.83. The van der Waals surface area contributed by atoms with Gasteiger partial charge in [0, 0.05) is 11.4 Å². The normalized spacial score (nSPS) is 10.7. The van der Waals surface area contributed by atoms with Gasteiger partial charge in [-0.15, -0.1) is 5.10 Å². The molecule has 0 unspecified atom stereocenters. The Hall–Kier alpha value is -3.88. The Morgan fingerprint density at radius 2 is 1.48 bits per heavy atom. The van der Waals surface area contributed by atoms with Crippen molar-refractivity contribution < 1.29 is 4.63 Å². The lowest BCUT2D eigenvalue weighted by molar-refractivity contribution is 0.306. The zero-order valence-corrected chi connectivity index (χ0v) is 14.4. The van der Waals surface area contributed by atoms with E-state index < -0.39 is 0 Å². The summed E-state index contributed by atoms with van der Waals surface area (Å²) in [6, 6.07) is 19.8. The molecule has 2 heterocycles. The second-order valence-corrected chi connectivity index (χ2v) is 5.81. The van der Waals surface area contributed by atoms with Gasteiger partial charge in [0.05, 0.1) is 18.8 Å². The van der Waals surface area contributed by atoms with Gasteiger partial charge in [-0.05, 0) is 34.6 Å². The van der Waals surface area contributed by atoms with Gasteiger partial charge in [-0.1, -0.05) is 41.6 Å². The first-order valence-electron chi connectivity index (χ1n) is 8.41. The molecule has 2 aromatic heterocycles. The Bertz CT molecular complexity index is 997. The van der Waals surface area contributed by atoms with Crippen LogP contribution in [0.4, 0.5) is 17.2 Å². The molecule has 0 atom stereocenters. The van der Waals surface area contributed by atoms with E-state index in [9.17, 15) is 0 Å². The molecule has 0 saturated carbocycles. The van der Waals surface area contributed by atoms with E-state index in [2.05, 4.69) is 31.3 Å². The molecule has 0 saturated heterocycles. The summed E-state index contributed by atoms with van der Waals surface area (Å²) < 4.78 is 6.25. The van der Waals surface area contributed by atoms with Gasteiger partial charge in [0.15, 0.2) is 0 Å². The van der Waals surface area contributed by atoms with Crippen LogP contribution in [0.15, 0.2) is 65.3 Å². The van der Waals surface area contributed by atoms with Crippen molar-refractivity contribution in [2.45, 2.75) is 13.1 Å². The number of rotatable bonds is 7. The molecule has 0 spiro atoms. The number of aromatic nitrogens is 5. The molecule has 0 amide bonds. The lowest BCUT2D eigenvalue weighted by Gasteiger charge is -2.10. The van der Waals surface area contributed by atoms with Crippen LogP contribution in [0.1, 0.15) is 11.4 Å². The highest BCUT2D eigenvalue weighted by atomic mass is 16.6. The highest BCUT2D eigenvalue weighted by molar-refractivity contribution is 5.48. The van der Waals surface area contributed by atoms with E-state index in [1.165, 1.54) is 0 Å². The molecule has 27 heavy (non-hydrogen) atoms. The quantitative estimate of drug-likeness (QED) is 0.458. The van der Waals surface area contributed by atoms with Crippen LogP contribution in [0.3, 0.4) is 0 Å². The first kappa shape index (κ1) is 16.6. The van der Waals surface area contributed by atoms with Gasteiger partial charge in [-0.25, -0.2) is 4.63 Å². The number of nitrogen functional groups attached to an aromatic ring is 1. The number of para-hydroxylation sites is 2. The molecule has 4 N–H and O–H groups in total. The van der Waals surface area contributed by atoms with E-state index in [-0.39, 0.29) is 5.82 Å². The number of nitrogens with two attached hydrogens (primary N) is 1. The average molecular weight is 362 g/mol. The van der Waals surface area contributed by atoms with E-state index in [1.54, 1.807) is 4.68 Å². The van der Waals surface area contributed by atoms with E-state index >= 15 is 0 Å². The van der Waals surface area contributed by atoms with Gasteiger partial charge in [-0.3, -0.25) is 0 Å². The Balaban J connectivity index is 1.60. The van der Waals surface area contributed by atoms with Crippen LogP contribution in [-0.4, -0.2) is 25.3 Å². The van der Waals surface area contributed by atoms with Gasteiger partial charge in [0.1, 0.15) is 5.69 Å². The van der Waals surface area contributed by atoms with E-state index in [0.29, 0.717) is 18.9 Å². The molecular weight excluding hydrogens is 344 g/mol. The fraction of sp³-hybridized carbons (Fsp3) is 0.111. The molecule has 4 aromatic rings. The molecular formula is C18H18N8O. The predicted octanol–water partition coefficient (Wildman–Crippen LogP) is 2.46.